The molecule has 16 heavy (non-hydrogen) atoms. The Balaban J connectivity index is 1.92. The van der Waals surface area contributed by atoms with E-state index in [1.807, 2.05) is 0 Å². The van der Waals surface area contributed by atoms with Crippen LogP contribution in [0.25, 0.3) is 0 Å². The second-order valence-electron chi connectivity index (χ2n) is 4.88. The zero-order chi connectivity index (χ0) is 11.5. The minimum atomic E-state index is -0.0165. The average molecular weight is 224 g/mol. The molecular formula is C12H20N2O2. The Morgan fingerprint density at radius 2 is 1.94 bits per heavy atom. The molecule has 0 unspecified atom stereocenters. The molecular weight excluding hydrogens is 204 g/mol. The predicted octanol–water partition coefficient (Wildman–Crippen LogP) is 0.914. The number of rotatable bonds is 2. The smallest absolute Gasteiger partial charge is 0.242 e. The van der Waals surface area contributed by atoms with E-state index in [9.17, 15) is 9.59 Å². The Kier molecular flexibility index (Phi) is 3.46. The zero-order valence-electron chi connectivity index (χ0n) is 9.87. The van der Waals surface area contributed by atoms with Crippen molar-refractivity contribution in [1.82, 2.24) is 10.2 Å². The summed E-state index contributed by atoms with van der Waals surface area (Å²) in [5, 5.41) is 2.59. The third-order valence-electron chi connectivity index (χ3n) is 3.91. The Morgan fingerprint density at radius 1 is 1.25 bits per heavy atom. The molecule has 4 heteroatoms. The van der Waals surface area contributed by atoms with E-state index in [-0.39, 0.29) is 24.9 Å². The van der Waals surface area contributed by atoms with Crippen LogP contribution in [0.15, 0.2) is 0 Å². The first-order chi connectivity index (χ1) is 7.70. The molecule has 0 aromatic carbocycles. The van der Waals surface area contributed by atoms with E-state index >= 15 is 0 Å². The van der Waals surface area contributed by atoms with Crippen molar-refractivity contribution in [3.8, 4) is 0 Å². The first-order valence-electron chi connectivity index (χ1n) is 6.27. The Bertz CT molecular complexity index is 283. The number of nitrogens with one attached hydrogen (secondary N) is 1. The molecule has 1 aliphatic heterocycles. The molecule has 2 amide bonds. The van der Waals surface area contributed by atoms with Crippen LogP contribution in [0, 0.1) is 5.92 Å². The summed E-state index contributed by atoms with van der Waals surface area (Å²) >= 11 is 0. The minimum Gasteiger partial charge on any atom is -0.345 e. The van der Waals surface area contributed by atoms with E-state index < -0.39 is 0 Å². The van der Waals surface area contributed by atoms with Crippen molar-refractivity contribution in [2.45, 2.75) is 45.1 Å². The maximum absolute atomic E-state index is 11.7. The van der Waals surface area contributed by atoms with E-state index in [1.54, 1.807) is 4.90 Å². The second-order valence-corrected chi connectivity index (χ2v) is 4.88. The van der Waals surface area contributed by atoms with E-state index in [1.165, 1.54) is 19.3 Å². The molecule has 0 spiro atoms. The quantitative estimate of drug-likeness (QED) is 0.758. The molecule has 0 radical (unpaired) electrons. The van der Waals surface area contributed by atoms with Gasteiger partial charge in [-0.25, -0.2) is 0 Å². The highest BCUT2D eigenvalue weighted by atomic mass is 16.2. The molecule has 1 saturated carbocycles. The minimum absolute atomic E-state index is 0.0165. The fourth-order valence-corrected chi connectivity index (χ4v) is 2.77. The highest BCUT2D eigenvalue weighted by Crippen LogP contribution is 2.29. The lowest BCUT2D eigenvalue weighted by Crippen LogP contribution is -2.55. The number of carbonyl (C=O) groups is 2. The lowest BCUT2D eigenvalue weighted by atomic mass is 9.84. The summed E-state index contributed by atoms with van der Waals surface area (Å²) in [6, 6.07) is 0.307. The van der Waals surface area contributed by atoms with Gasteiger partial charge in [0.05, 0.1) is 13.1 Å². The Morgan fingerprint density at radius 3 is 2.56 bits per heavy atom. The first-order valence-corrected chi connectivity index (χ1v) is 6.27. The van der Waals surface area contributed by atoms with Crippen LogP contribution in [0.1, 0.15) is 39.0 Å². The summed E-state index contributed by atoms with van der Waals surface area (Å²) in [4.78, 5) is 24.8. The fourth-order valence-electron chi connectivity index (χ4n) is 2.77. The monoisotopic (exact) mass is 224 g/mol. The van der Waals surface area contributed by atoms with Crippen molar-refractivity contribution >= 4 is 11.8 Å². The van der Waals surface area contributed by atoms with Crippen molar-refractivity contribution in [1.29, 1.82) is 0 Å². The maximum atomic E-state index is 11.7. The van der Waals surface area contributed by atoms with Crippen molar-refractivity contribution in [3.63, 3.8) is 0 Å². The van der Waals surface area contributed by atoms with Crippen molar-refractivity contribution in [3.05, 3.63) is 0 Å². The molecule has 2 aliphatic rings. The standard InChI is InChI=1S/C12H20N2O2/c1-2-9-3-5-10(6-4-9)14-8-11(15)13-7-12(14)16/h9-10H,2-8H2,1H3,(H,13,15). The van der Waals surface area contributed by atoms with Crippen LogP contribution < -0.4 is 5.32 Å². The van der Waals surface area contributed by atoms with Crippen molar-refractivity contribution in [2.75, 3.05) is 13.1 Å². The van der Waals surface area contributed by atoms with Crippen LogP contribution in [0.2, 0.25) is 0 Å². The van der Waals surface area contributed by atoms with Gasteiger partial charge in [0.2, 0.25) is 11.8 Å². The zero-order valence-corrected chi connectivity index (χ0v) is 9.87. The van der Waals surface area contributed by atoms with Gasteiger partial charge in [0.1, 0.15) is 0 Å². The van der Waals surface area contributed by atoms with Crippen molar-refractivity contribution < 1.29 is 9.59 Å². The third kappa shape index (κ3) is 2.36. The van der Waals surface area contributed by atoms with E-state index in [0.29, 0.717) is 6.04 Å². The molecule has 1 saturated heterocycles. The van der Waals surface area contributed by atoms with Gasteiger partial charge in [0.25, 0.3) is 0 Å². The van der Waals surface area contributed by atoms with Crippen LogP contribution in [0.3, 0.4) is 0 Å². The van der Waals surface area contributed by atoms with Gasteiger partial charge >= 0.3 is 0 Å². The summed E-state index contributed by atoms with van der Waals surface area (Å²) in [6.07, 6.45) is 5.77. The topological polar surface area (TPSA) is 49.4 Å². The molecule has 1 heterocycles. The van der Waals surface area contributed by atoms with Crippen LogP contribution in [0.5, 0.6) is 0 Å². The van der Waals surface area contributed by atoms with Gasteiger partial charge in [-0.15, -0.1) is 0 Å². The van der Waals surface area contributed by atoms with Gasteiger partial charge in [-0.1, -0.05) is 13.3 Å². The highest BCUT2D eigenvalue weighted by Gasteiger charge is 2.31. The van der Waals surface area contributed by atoms with E-state index in [0.717, 1.165) is 18.8 Å². The summed E-state index contributed by atoms with van der Waals surface area (Å²) in [7, 11) is 0. The summed E-state index contributed by atoms with van der Waals surface area (Å²) < 4.78 is 0. The van der Waals surface area contributed by atoms with Crippen LogP contribution in [0.4, 0.5) is 0 Å². The van der Waals surface area contributed by atoms with Gasteiger partial charge in [0.15, 0.2) is 0 Å². The average Bonchev–Trinajstić information content (AvgIpc) is 2.32. The molecule has 4 nitrogen and oxygen atoms in total. The Hall–Kier alpha value is -1.06. The van der Waals surface area contributed by atoms with Gasteiger partial charge in [-0.3, -0.25) is 9.59 Å². The first kappa shape index (κ1) is 11.4. The number of piperazine rings is 1. The molecule has 1 N–H and O–H groups in total. The number of hydrogen-bond acceptors (Lipinski definition) is 2. The lowest BCUT2D eigenvalue weighted by molar-refractivity contribution is -0.143. The molecule has 0 bridgehead atoms. The maximum Gasteiger partial charge on any atom is 0.242 e. The third-order valence-corrected chi connectivity index (χ3v) is 3.91. The number of amides is 2. The van der Waals surface area contributed by atoms with Gasteiger partial charge in [-0.2, -0.15) is 0 Å². The molecule has 2 rings (SSSR count). The van der Waals surface area contributed by atoms with Crippen molar-refractivity contribution in [2.24, 2.45) is 5.92 Å². The van der Waals surface area contributed by atoms with E-state index in [2.05, 4.69) is 12.2 Å². The van der Waals surface area contributed by atoms with Crippen LogP contribution in [-0.4, -0.2) is 35.8 Å². The number of carbonyl (C=O) groups excluding carboxylic acids is 2. The summed E-state index contributed by atoms with van der Waals surface area (Å²) in [5.74, 6) is 0.890. The van der Waals surface area contributed by atoms with Gasteiger partial charge in [0, 0.05) is 6.04 Å². The highest BCUT2D eigenvalue weighted by molar-refractivity contribution is 5.92. The predicted molar refractivity (Wildman–Crippen MR) is 60.8 cm³/mol. The lowest BCUT2D eigenvalue weighted by Gasteiger charge is -2.38. The number of nitrogens with zero attached hydrogens (tertiary/aromatic N) is 1. The second kappa shape index (κ2) is 4.85. The molecule has 0 atom stereocenters. The molecule has 2 fully saturated rings. The largest absolute Gasteiger partial charge is 0.345 e. The SMILES string of the molecule is CCC1CCC(N2CC(=O)NCC2=O)CC1. The van der Waals surface area contributed by atoms with Gasteiger partial charge < -0.3 is 10.2 Å². The fraction of sp³-hybridized carbons (Fsp3) is 0.833. The van der Waals surface area contributed by atoms with E-state index in [4.69, 9.17) is 0 Å². The molecule has 1 aliphatic carbocycles. The normalized spacial score (nSPS) is 31.4. The van der Waals surface area contributed by atoms with Gasteiger partial charge in [-0.05, 0) is 31.6 Å². The Labute approximate surface area is 96.4 Å². The van der Waals surface area contributed by atoms with Crippen LogP contribution >= 0.6 is 0 Å². The molecule has 0 aromatic rings. The van der Waals surface area contributed by atoms with Crippen LogP contribution in [-0.2, 0) is 9.59 Å². The number of hydrogen-bond donors (Lipinski definition) is 1. The summed E-state index contributed by atoms with van der Waals surface area (Å²) in [5.41, 5.74) is 0. The molecule has 0 aromatic heterocycles. The summed E-state index contributed by atoms with van der Waals surface area (Å²) in [6.45, 7) is 2.68. The molecule has 90 valence electrons.